The Morgan fingerprint density at radius 1 is 0.750 bits per heavy atom. The van der Waals surface area contributed by atoms with Gasteiger partial charge in [-0.05, 0) is 13.3 Å². The normalized spacial score (nSPS) is 10.4. The van der Waals surface area contributed by atoms with Gasteiger partial charge in [0.25, 0.3) is 0 Å². The van der Waals surface area contributed by atoms with Crippen LogP contribution in [0, 0.1) is 0 Å². The van der Waals surface area contributed by atoms with E-state index >= 15 is 0 Å². The molecule has 0 radical (unpaired) electrons. The summed E-state index contributed by atoms with van der Waals surface area (Å²) in [7, 11) is 0. The summed E-state index contributed by atoms with van der Waals surface area (Å²) in [5, 5.41) is 0. The summed E-state index contributed by atoms with van der Waals surface area (Å²) >= 11 is 0. The van der Waals surface area contributed by atoms with Gasteiger partial charge in [0.1, 0.15) is 11.6 Å². The van der Waals surface area contributed by atoms with E-state index in [2.05, 4.69) is 6.92 Å². The van der Waals surface area contributed by atoms with E-state index in [1.165, 1.54) is 32.1 Å². The first kappa shape index (κ1) is 15.3. The largest absolute Gasteiger partial charge is 0.300 e. The highest BCUT2D eigenvalue weighted by molar-refractivity contribution is 5.84. The molecule has 0 aliphatic heterocycles. The Kier molecular flexibility index (Phi) is 10.4. The smallest absolute Gasteiger partial charge is 0.133 e. The number of rotatable bonds is 11. The zero-order valence-electron chi connectivity index (χ0n) is 10.9. The SMILES string of the molecule is CCCCCCCCCC(=O)CCC(C)=O. The van der Waals surface area contributed by atoms with Crippen LogP contribution in [0.5, 0.6) is 0 Å². The minimum Gasteiger partial charge on any atom is -0.300 e. The summed E-state index contributed by atoms with van der Waals surface area (Å²) in [6.07, 6.45) is 10.2. The molecule has 94 valence electrons. The number of unbranched alkanes of at least 4 members (excludes halogenated alkanes) is 6. The molecule has 0 aliphatic carbocycles. The Bertz CT molecular complexity index is 197. The van der Waals surface area contributed by atoms with E-state index in [9.17, 15) is 9.59 Å². The zero-order chi connectivity index (χ0) is 12.2. The Balaban J connectivity index is 3.18. The van der Waals surface area contributed by atoms with Gasteiger partial charge in [0.15, 0.2) is 0 Å². The van der Waals surface area contributed by atoms with Crippen molar-refractivity contribution in [2.75, 3.05) is 0 Å². The van der Waals surface area contributed by atoms with Crippen molar-refractivity contribution in [1.82, 2.24) is 0 Å². The fourth-order valence-corrected chi connectivity index (χ4v) is 1.72. The molecule has 16 heavy (non-hydrogen) atoms. The van der Waals surface area contributed by atoms with Crippen molar-refractivity contribution in [1.29, 1.82) is 0 Å². The van der Waals surface area contributed by atoms with Crippen LogP contribution in [0.1, 0.15) is 78.1 Å². The van der Waals surface area contributed by atoms with Gasteiger partial charge in [-0.15, -0.1) is 0 Å². The molecule has 0 bridgehead atoms. The van der Waals surface area contributed by atoms with Crippen LogP contribution in [0.15, 0.2) is 0 Å². The minimum atomic E-state index is 0.118. The van der Waals surface area contributed by atoms with Crippen molar-refractivity contribution in [3.63, 3.8) is 0 Å². The summed E-state index contributed by atoms with van der Waals surface area (Å²) < 4.78 is 0. The van der Waals surface area contributed by atoms with Crippen molar-refractivity contribution in [2.45, 2.75) is 78.1 Å². The maximum absolute atomic E-state index is 11.3. The van der Waals surface area contributed by atoms with Crippen LogP contribution >= 0.6 is 0 Å². The van der Waals surface area contributed by atoms with Crippen LogP contribution < -0.4 is 0 Å². The van der Waals surface area contributed by atoms with Crippen molar-refractivity contribution >= 4 is 11.6 Å². The molecular formula is C14H26O2. The zero-order valence-corrected chi connectivity index (χ0v) is 10.9. The van der Waals surface area contributed by atoms with Gasteiger partial charge in [0.05, 0.1) is 0 Å². The van der Waals surface area contributed by atoms with Gasteiger partial charge in [-0.25, -0.2) is 0 Å². The van der Waals surface area contributed by atoms with Crippen molar-refractivity contribution < 1.29 is 9.59 Å². The third kappa shape index (κ3) is 11.4. The third-order valence-electron chi connectivity index (χ3n) is 2.82. The standard InChI is InChI=1S/C14H26O2/c1-3-4-5-6-7-8-9-10-14(16)12-11-13(2)15/h3-12H2,1-2H3. The van der Waals surface area contributed by atoms with Crippen LogP contribution in [0.25, 0.3) is 0 Å². The third-order valence-corrected chi connectivity index (χ3v) is 2.82. The number of hydrogen-bond donors (Lipinski definition) is 0. The van der Waals surface area contributed by atoms with Crippen molar-refractivity contribution in [2.24, 2.45) is 0 Å². The van der Waals surface area contributed by atoms with E-state index in [-0.39, 0.29) is 11.6 Å². The number of hydrogen-bond acceptors (Lipinski definition) is 2. The monoisotopic (exact) mass is 226 g/mol. The molecule has 0 saturated heterocycles. The molecular weight excluding hydrogens is 200 g/mol. The van der Waals surface area contributed by atoms with Gasteiger partial charge >= 0.3 is 0 Å². The molecule has 0 aromatic rings. The summed E-state index contributed by atoms with van der Waals surface area (Å²) in [4.78, 5) is 22.0. The van der Waals surface area contributed by atoms with E-state index in [4.69, 9.17) is 0 Å². The lowest BCUT2D eigenvalue weighted by Crippen LogP contribution is -2.01. The lowest BCUT2D eigenvalue weighted by atomic mass is 10.0. The fraction of sp³-hybridized carbons (Fsp3) is 0.857. The second-order valence-electron chi connectivity index (χ2n) is 4.61. The Morgan fingerprint density at radius 3 is 1.88 bits per heavy atom. The second kappa shape index (κ2) is 10.8. The molecule has 0 fully saturated rings. The highest BCUT2D eigenvalue weighted by Crippen LogP contribution is 2.09. The van der Waals surface area contributed by atoms with Crippen molar-refractivity contribution in [3.05, 3.63) is 0 Å². The molecule has 0 rings (SSSR count). The van der Waals surface area contributed by atoms with Gasteiger partial charge < -0.3 is 4.79 Å². The van der Waals surface area contributed by atoms with E-state index in [0.29, 0.717) is 19.3 Å². The molecule has 0 unspecified atom stereocenters. The van der Waals surface area contributed by atoms with E-state index < -0.39 is 0 Å². The summed E-state index contributed by atoms with van der Waals surface area (Å²) in [6, 6.07) is 0. The molecule has 0 spiro atoms. The molecule has 0 atom stereocenters. The molecule has 0 aliphatic rings. The van der Waals surface area contributed by atoms with E-state index in [0.717, 1.165) is 12.8 Å². The predicted octanol–water partition coefficient (Wildman–Crippen LogP) is 4.07. The highest BCUT2D eigenvalue weighted by Gasteiger charge is 2.03. The van der Waals surface area contributed by atoms with E-state index in [1.54, 1.807) is 6.92 Å². The summed E-state index contributed by atoms with van der Waals surface area (Å²) in [6.45, 7) is 3.76. The average molecular weight is 226 g/mol. The van der Waals surface area contributed by atoms with Gasteiger partial charge in [-0.2, -0.15) is 0 Å². The number of Topliss-reactive ketones (excluding diaryl/α,β-unsaturated/α-hetero) is 2. The average Bonchev–Trinajstić information content (AvgIpc) is 2.25. The first-order valence-corrected chi connectivity index (χ1v) is 6.68. The Hall–Kier alpha value is -0.660. The fourth-order valence-electron chi connectivity index (χ4n) is 1.72. The predicted molar refractivity (Wildman–Crippen MR) is 67.5 cm³/mol. The molecule has 0 aromatic carbocycles. The van der Waals surface area contributed by atoms with E-state index in [1.807, 2.05) is 0 Å². The molecule has 0 aromatic heterocycles. The summed E-state index contributed by atoms with van der Waals surface area (Å²) in [5.74, 6) is 0.372. The Labute approximate surface area is 99.8 Å². The van der Waals surface area contributed by atoms with Gasteiger partial charge in [-0.1, -0.05) is 45.4 Å². The maximum atomic E-state index is 11.3. The second-order valence-corrected chi connectivity index (χ2v) is 4.61. The molecule has 0 N–H and O–H groups in total. The Morgan fingerprint density at radius 2 is 1.31 bits per heavy atom. The number of carbonyl (C=O) groups excluding carboxylic acids is 2. The van der Waals surface area contributed by atoms with Crippen LogP contribution in [-0.4, -0.2) is 11.6 Å². The summed E-state index contributed by atoms with van der Waals surface area (Å²) in [5.41, 5.74) is 0. The lowest BCUT2D eigenvalue weighted by molar-refractivity contribution is -0.123. The molecule has 2 heteroatoms. The van der Waals surface area contributed by atoms with Crippen LogP contribution in [0.2, 0.25) is 0 Å². The van der Waals surface area contributed by atoms with Gasteiger partial charge in [0.2, 0.25) is 0 Å². The van der Waals surface area contributed by atoms with Crippen molar-refractivity contribution in [3.8, 4) is 0 Å². The van der Waals surface area contributed by atoms with Crippen LogP contribution in [0.3, 0.4) is 0 Å². The van der Waals surface area contributed by atoms with Gasteiger partial charge in [0, 0.05) is 19.3 Å². The topological polar surface area (TPSA) is 34.1 Å². The quantitative estimate of drug-likeness (QED) is 0.498. The minimum absolute atomic E-state index is 0.118. The molecule has 0 amide bonds. The number of ketones is 2. The first-order valence-electron chi connectivity index (χ1n) is 6.68. The molecule has 2 nitrogen and oxygen atoms in total. The van der Waals surface area contributed by atoms with Gasteiger partial charge in [-0.3, -0.25) is 4.79 Å². The van der Waals surface area contributed by atoms with Crippen LogP contribution in [0.4, 0.5) is 0 Å². The molecule has 0 saturated carbocycles. The first-order chi connectivity index (χ1) is 7.66. The van der Waals surface area contributed by atoms with Crippen LogP contribution in [-0.2, 0) is 9.59 Å². The highest BCUT2D eigenvalue weighted by atomic mass is 16.1. The maximum Gasteiger partial charge on any atom is 0.133 e. The molecule has 0 heterocycles. The lowest BCUT2D eigenvalue weighted by Gasteiger charge is -2.01. The number of carbonyl (C=O) groups is 2.